The number of carbonyl (C=O) groups is 1. The maximum Gasteiger partial charge on any atom is 0.237 e. The van der Waals surface area contributed by atoms with E-state index >= 15 is 0 Å². The number of primary amides is 1. The highest BCUT2D eigenvalue weighted by atomic mass is 16.5. The first-order valence-corrected chi connectivity index (χ1v) is 6.31. The van der Waals surface area contributed by atoms with Gasteiger partial charge in [-0.2, -0.15) is 0 Å². The standard InChI is InChI=1S/C14H22N2O2/c1-3-16-14(2,13(15)17)10-7-11-18-12-8-5-4-6-9-12/h4-6,8-9,16H,3,7,10-11H2,1-2H3,(H2,15,17). The number of carbonyl (C=O) groups excluding carboxylic acids is 1. The van der Waals surface area contributed by atoms with Gasteiger partial charge in [-0.1, -0.05) is 25.1 Å². The van der Waals surface area contributed by atoms with Gasteiger partial charge in [0.15, 0.2) is 0 Å². The maximum atomic E-state index is 11.4. The molecule has 0 spiro atoms. The van der Waals surface area contributed by atoms with Gasteiger partial charge in [0.1, 0.15) is 5.75 Å². The average molecular weight is 250 g/mol. The minimum atomic E-state index is -0.644. The normalized spacial score (nSPS) is 13.9. The monoisotopic (exact) mass is 250 g/mol. The molecular formula is C14H22N2O2. The Labute approximate surface area is 109 Å². The molecule has 1 aromatic rings. The van der Waals surface area contributed by atoms with Gasteiger partial charge in [-0.05, 0) is 38.4 Å². The number of amides is 1. The van der Waals surface area contributed by atoms with Crippen LogP contribution in [-0.4, -0.2) is 24.6 Å². The highest BCUT2D eigenvalue weighted by Gasteiger charge is 2.28. The second-order valence-electron chi connectivity index (χ2n) is 4.49. The Morgan fingerprint density at radius 1 is 1.39 bits per heavy atom. The zero-order chi connectivity index (χ0) is 13.4. The SMILES string of the molecule is CCNC(C)(CCCOc1ccccc1)C(N)=O. The molecule has 1 rings (SSSR count). The third kappa shape index (κ3) is 4.37. The van der Waals surface area contributed by atoms with E-state index in [1.54, 1.807) is 0 Å². The molecule has 0 heterocycles. The quantitative estimate of drug-likeness (QED) is 0.690. The number of likely N-dealkylation sites (N-methyl/N-ethyl adjacent to an activating group) is 1. The Morgan fingerprint density at radius 3 is 2.61 bits per heavy atom. The number of nitrogens with two attached hydrogens (primary N) is 1. The van der Waals surface area contributed by atoms with Crippen molar-refractivity contribution in [1.82, 2.24) is 5.32 Å². The first-order chi connectivity index (χ1) is 8.58. The second kappa shape index (κ2) is 7.01. The van der Waals surface area contributed by atoms with E-state index in [1.165, 1.54) is 0 Å². The summed E-state index contributed by atoms with van der Waals surface area (Å²) in [5.41, 5.74) is 4.76. The van der Waals surface area contributed by atoms with Crippen LogP contribution >= 0.6 is 0 Å². The minimum Gasteiger partial charge on any atom is -0.494 e. The van der Waals surface area contributed by atoms with Crippen LogP contribution in [0.5, 0.6) is 5.75 Å². The predicted octanol–water partition coefficient (Wildman–Crippen LogP) is 1.70. The lowest BCUT2D eigenvalue weighted by Gasteiger charge is -2.26. The summed E-state index contributed by atoms with van der Waals surface area (Å²) < 4.78 is 5.58. The van der Waals surface area contributed by atoms with E-state index in [4.69, 9.17) is 10.5 Å². The molecule has 18 heavy (non-hydrogen) atoms. The van der Waals surface area contributed by atoms with Crippen LogP contribution in [0.1, 0.15) is 26.7 Å². The van der Waals surface area contributed by atoms with Gasteiger partial charge >= 0.3 is 0 Å². The summed E-state index contributed by atoms with van der Waals surface area (Å²) in [5, 5.41) is 3.13. The summed E-state index contributed by atoms with van der Waals surface area (Å²) in [7, 11) is 0. The van der Waals surface area contributed by atoms with Crippen molar-refractivity contribution >= 4 is 5.91 Å². The number of hydrogen-bond donors (Lipinski definition) is 2. The van der Waals surface area contributed by atoms with Crippen LogP contribution in [-0.2, 0) is 4.79 Å². The molecule has 1 amide bonds. The average Bonchev–Trinajstić information content (AvgIpc) is 2.36. The smallest absolute Gasteiger partial charge is 0.237 e. The topological polar surface area (TPSA) is 64.3 Å². The maximum absolute atomic E-state index is 11.4. The number of rotatable bonds is 8. The van der Waals surface area contributed by atoms with Crippen LogP contribution in [0, 0.1) is 0 Å². The van der Waals surface area contributed by atoms with Crippen LogP contribution in [0.25, 0.3) is 0 Å². The lowest BCUT2D eigenvalue weighted by Crippen LogP contribution is -2.53. The molecule has 4 nitrogen and oxygen atoms in total. The fourth-order valence-corrected chi connectivity index (χ4v) is 1.82. The van der Waals surface area contributed by atoms with Gasteiger partial charge in [0.05, 0.1) is 12.1 Å². The van der Waals surface area contributed by atoms with Crippen molar-refractivity contribution in [2.24, 2.45) is 5.73 Å². The first kappa shape index (κ1) is 14.5. The van der Waals surface area contributed by atoms with Crippen molar-refractivity contribution in [1.29, 1.82) is 0 Å². The molecule has 100 valence electrons. The van der Waals surface area contributed by atoms with Crippen molar-refractivity contribution in [2.45, 2.75) is 32.2 Å². The number of ether oxygens (including phenoxy) is 1. The summed E-state index contributed by atoms with van der Waals surface area (Å²) in [6, 6.07) is 9.64. The van der Waals surface area contributed by atoms with E-state index in [9.17, 15) is 4.79 Å². The largest absolute Gasteiger partial charge is 0.494 e. The molecule has 0 aliphatic carbocycles. The van der Waals surface area contributed by atoms with E-state index in [-0.39, 0.29) is 5.91 Å². The fraction of sp³-hybridized carbons (Fsp3) is 0.500. The molecule has 3 N–H and O–H groups in total. The van der Waals surface area contributed by atoms with Crippen molar-refractivity contribution in [3.63, 3.8) is 0 Å². The van der Waals surface area contributed by atoms with Crippen molar-refractivity contribution in [3.8, 4) is 5.75 Å². The van der Waals surface area contributed by atoms with E-state index in [2.05, 4.69) is 5.32 Å². The summed E-state index contributed by atoms with van der Waals surface area (Å²) in [5.74, 6) is 0.533. The van der Waals surface area contributed by atoms with Gasteiger partial charge in [0.25, 0.3) is 0 Å². The van der Waals surface area contributed by atoms with Crippen molar-refractivity contribution < 1.29 is 9.53 Å². The molecule has 0 saturated carbocycles. The third-order valence-electron chi connectivity index (χ3n) is 2.94. The Morgan fingerprint density at radius 2 is 2.06 bits per heavy atom. The van der Waals surface area contributed by atoms with Crippen molar-refractivity contribution in [3.05, 3.63) is 30.3 Å². The van der Waals surface area contributed by atoms with Gasteiger partial charge in [-0.25, -0.2) is 0 Å². The zero-order valence-electron chi connectivity index (χ0n) is 11.1. The number of para-hydroxylation sites is 1. The van der Waals surface area contributed by atoms with Crippen LogP contribution in [0.4, 0.5) is 0 Å². The zero-order valence-corrected chi connectivity index (χ0v) is 11.1. The number of benzene rings is 1. The van der Waals surface area contributed by atoms with E-state index in [1.807, 2.05) is 44.2 Å². The minimum absolute atomic E-state index is 0.316. The molecule has 1 unspecified atom stereocenters. The summed E-state index contributed by atoms with van der Waals surface area (Å²) in [6.07, 6.45) is 1.45. The van der Waals surface area contributed by atoms with Crippen LogP contribution in [0.3, 0.4) is 0 Å². The Hall–Kier alpha value is -1.55. The lowest BCUT2D eigenvalue weighted by atomic mass is 9.95. The fourth-order valence-electron chi connectivity index (χ4n) is 1.82. The molecule has 0 bridgehead atoms. The van der Waals surface area contributed by atoms with Gasteiger partial charge in [0.2, 0.25) is 5.91 Å². The van der Waals surface area contributed by atoms with E-state index < -0.39 is 5.54 Å². The third-order valence-corrected chi connectivity index (χ3v) is 2.94. The highest BCUT2D eigenvalue weighted by molar-refractivity contribution is 5.84. The molecule has 0 radical (unpaired) electrons. The molecule has 0 aromatic heterocycles. The Balaban J connectivity index is 2.34. The van der Waals surface area contributed by atoms with E-state index in [0.29, 0.717) is 13.0 Å². The molecule has 0 saturated heterocycles. The molecule has 1 aromatic carbocycles. The Bertz CT molecular complexity index is 367. The van der Waals surface area contributed by atoms with E-state index in [0.717, 1.165) is 18.7 Å². The summed E-state index contributed by atoms with van der Waals surface area (Å²) >= 11 is 0. The molecule has 0 fully saturated rings. The van der Waals surface area contributed by atoms with Gasteiger partial charge in [0, 0.05) is 0 Å². The van der Waals surface area contributed by atoms with Crippen LogP contribution < -0.4 is 15.8 Å². The summed E-state index contributed by atoms with van der Waals surface area (Å²) in [6.45, 7) is 5.10. The predicted molar refractivity (Wildman–Crippen MR) is 72.4 cm³/mol. The second-order valence-corrected chi connectivity index (χ2v) is 4.49. The molecule has 4 heteroatoms. The van der Waals surface area contributed by atoms with Gasteiger partial charge < -0.3 is 15.8 Å². The summed E-state index contributed by atoms with van der Waals surface area (Å²) in [4.78, 5) is 11.4. The Kier molecular flexibility index (Phi) is 5.65. The van der Waals surface area contributed by atoms with Gasteiger partial charge in [-0.15, -0.1) is 0 Å². The lowest BCUT2D eigenvalue weighted by molar-refractivity contribution is -0.124. The molecule has 1 atom stereocenters. The molecule has 0 aliphatic heterocycles. The van der Waals surface area contributed by atoms with Crippen LogP contribution in [0.2, 0.25) is 0 Å². The molecule has 0 aliphatic rings. The number of hydrogen-bond acceptors (Lipinski definition) is 3. The van der Waals surface area contributed by atoms with Gasteiger partial charge in [-0.3, -0.25) is 4.79 Å². The molecular weight excluding hydrogens is 228 g/mol. The highest BCUT2D eigenvalue weighted by Crippen LogP contribution is 2.14. The van der Waals surface area contributed by atoms with Crippen molar-refractivity contribution in [2.75, 3.05) is 13.2 Å². The van der Waals surface area contributed by atoms with Crippen LogP contribution in [0.15, 0.2) is 30.3 Å². The number of nitrogens with one attached hydrogen (secondary N) is 1. The first-order valence-electron chi connectivity index (χ1n) is 6.31.